The van der Waals surface area contributed by atoms with Crippen LogP contribution >= 0.6 is 0 Å². The van der Waals surface area contributed by atoms with E-state index in [0.29, 0.717) is 6.42 Å². The number of carbonyl (C=O) groups excluding carboxylic acids is 1. The molecule has 0 aliphatic carbocycles. The van der Waals surface area contributed by atoms with Crippen molar-refractivity contribution in [2.45, 2.75) is 33.2 Å². The highest BCUT2D eigenvalue weighted by atomic mass is 16.3. The maximum absolute atomic E-state index is 11.9. The summed E-state index contributed by atoms with van der Waals surface area (Å²) in [5, 5.41) is 11.9. The minimum atomic E-state index is -0.458. The number of hydrogen-bond donors (Lipinski definition) is 3. The van der Waals surface area contributed by atoms with Crippen molar-refractivity contribution in [2.75, 3.05) is 6.61 Å². The zero-order valence-electron chi connectivity index (χ0n) is 11.0. The molecule has 0 saturated heterocycles. The fourth-order valence-corrected chi connectivity index (χ4v) is 1.76. The smallest absolute Gasteiger partial charge is 0.260 e. The van der Waals surface area contributed by atoms with Crippen molar-refractivity contribution in [3.63, 3.8) is 0 Å². The second kappa shape index (κ2) is 5.82. The molecule has 5 nitrogen and oxygen atoms in total. The number of aromatic nitrogens is 1. The molecule has 18 heavy (non-hydrogen) atoms. The Labute approximate surface area is 106 Å². The van der Waals surface area contributed by atoms with E-state index in [1.54, 1.807) is 6.07 Å². The second-order valence-corrected chi connectivity index (χ2v) is 5.53. The van der Waals surface area contributed by atoms with E-state index in [9.17, 15) is 14.7 Å². The molecule has 1 aromatic heterocycles. The predicted molar refractivity (Wildman–Crippen MR) is 69.5 cm³/mol. The molecule has 1 amide bonds. The van der Waals surface area contributed by atoms with Crippen molar-refractivity contribution in [1.82, 2.24) is 10.3 Å². The Hall–Kier alpha value is -1.62. The number of aliphatic hydroxyl groups excluding tert-OH is 1. The summed E-state index contributed by atoms with van der Waals surface area (Å²) in [6.45, 7) is 5.93. The van der Waals surface area contributed by atoms with Gasteiger partial charge in [0.1, 0.15) is 5.56 Å². The number of rotatable bonds is 4. The molecule has 0 spiro atoms. The van der Waals surface area contributed by atoms with Gasteiger partial charge < -0.3 is 15.4 Å². The highest BCUT2D eigenvalue weighted by Gasteiger charge is 2.21. The number of aromatic amines is 1. The van der Waals surface area contributed by atoms with Crippen LogP contribution in [-0.4, -0.2) is 28.6 Å². The zero-order valence-corrected chi connectivity index (χ0v) is 11.0. The third-order valence-corrected chi connectivity index (χ3v) is 2.48. The fourth-order valence-electron chi connectivity index (χ4n) is 1.76. The van der Waals surface area contributed by atoms with Gasteiger partial charge >= 0.3 is 0 Å². The monoisotopic (exact) mass is 252 g/mol. The average molecular weight is 252 g/mol. The summed E-state index contributed by atoms with van der Waals surface area (Å²) in [7, 11) is 0. The van der Waals surface area contributed by atoms with E-state index < -0.39 is 11.5 Å². The van der Waals surface area contributed by atoms with E-state index in [0.717, 1.165) is 0 Å². The first-order valence-electron chi connectivity index (χ1n) is 5.93. The molecular weight excluding hydrogens is 232 g/mol. The van der Waals surface area contributed by atoms with E-state index >= 15 is 0 Å². The first-order chi connectivity index (χ1) is 8.33. The van der Waals surface area contributed by atoms with Crippen LogP contribution in [-0.2, 0) is 0 Å². The van der Waals surface area contributed by atoms with Crippen LogP contribution in [0.3, 0.4) is 0 Å². The molecule has 0 radical (unpaired) electrons. The summed E-state index contributed by atoms with van der Waals surface area (Å²) >= 11 is 0. The SMILES string of the molecule is CC(C)(C)CC(CO)NC(=O)c1ccc[nH]c1=O. The number of H-pyrrole nitrogens is 1. The number of amides is 1. The molecule has 1 heterocycles. The Balaban J connectivity index is 2.75. The lowest BCUT2D eigenvalue weighted by molar-refractivity contribution is 0.0896. The van der Waals surface area contributed by atoms with Gasteiger partial charge in [-0.1, -0.05) is 20.8 Å². The van der Waals surface area contributed by atoms with Crippen LogP contribution < -0.4 is 10.9 Å². The molecule has 0 saturated carbocycles. The highest BCUT2D eigenvalue weighted by molar-refractivity contribution is 5.93. The van der Waals surface area contributed by atoms with Gasteiger partial charge in [-0.2, -0.15) is 0 Å². The van der Waals surface area contributed by atoms with Crippen molar-refractivity contribution in [3.05, 3.63) is 34.2 Å². The van der Waals surface area contributed by atoms with E-state index in [4.69, 9.17) is 0 Å². The van der Waals surface area contributed by atoms with Crippen LogP contribution in [0.5, 0.6) is 0 Å². The van der Waals surface area contributed by atoms with E-state index in [1.165, 1.54) is 12.3 Å². The third-order valence-electron chi connectivity index (χ3n) is 2.48. The summed E-state index contributed by atoms with van der Waals surface area (Å²) < 4.78 is 0. The number of carbonyl (C=O) groups is 1. The zero-order chi connectivity index (χ0) is 13.8. The molecule has 1 unspecified atom stereocenters. The largest absolute Gasteiger partial charge is 0.394 e. The van der Waals surface area contributed by atoms with Crippen LogP contribution in [0.1, 0.15) is 37.6 Å². The predicted octanol–water partition coefficient (Wildman–Crippen LogP) is 0.902. The Kier molecular flexibility index (Phi) is 4.67. The first kappa shape index (κ1) is 14.4. The quantitative estimate of drug-likeness (QED) is 0.744. The standard InChI is InChI=1S/C13H20N2O3/c1-13(2,3)7-9(8-16)15-12(18)10-5-4-6-14-11(10)17/h4-6,9,16H,7-8H2,1-3H3,(H,14,17)(H,15,18). The molecule has 1 rings (SSSR count). The van der Waals surface area contributed by atoms with Gasteiger partial charge in [-0.25, -0.2) is 0 Å². The molecular formula is C13H20N2O3. The van der Waals surface area contributed by atoms with E-state index in [2.05, 4.69) is 10.3 Å². The Morgan fingerprint density at radius 2 is 2.17 bits per heavy atom. The summed E-state index contributed by atoms with van der Waals surface area (Å²) in [6.07, 6.45) is 2.11. The molecule has 0 fully saturated rings. The van der Waals surface area contributed by atoms with Gasteiger partial charge in [-0.05, 0) is 24.0 Å². The van der Waals surface area contributed by atoms with Crippen LogP contribution in [0.15, 0.2) is 23.1 Å². The van der Waals surface area contributed by atoms with E-state index in [-0.39, 0.29) is 23.6 Å². The Morgan fingerprint density at radius 1 is 1.50 bits per heavy atom. The lowest BCUT2D eigenvalue weighted by atomic mass is 9.88. The van der Waals surface area contributed by atoms with Crippen molar-refractivity contribution in [3.8, 4) is 0 Å². The summed E-state index contributed by atoms with van der Waals surface area (Å²) in [5.74, 6) is -0.458. The van der Waals surface area contributed by atoms with Crippen molar-refractivity contribution >= 4 is 5.91 Å². The van der Waals surface area contributed by atoms with Gasteiger partial charge in [-0.3, -0.25) is 9.59 Å². The maximum Gasteiger partial charge on any atom is 0.260 e. The van der Waals surface area contributed by atoms with Crippen LogP contribution in [0.25, 0.3) is 0 Å². The van der Waals surface area contributed by atoms with Gasteiger partial charge in [0.15, 0.2) is 0 Å². The molecule has 1 aromatic rings. The van der Waals surface area contributed by atoms with Gasteiger partial charge in [0, 0.05) is 6.20 Å². The van der Waals surface area contributed by atoms with Crippen LogP contribution in [0.2, 0.25) is 0 Å². The number of nitrogens with one attached hydrogen (secondary N) is 2. The Morgan fingerprint density at radius 3 is 2.67 bits per heavy atom. The summed E-state index contributed by atoms with van der Waals surface area (Å²) in [4.78, 5) is 25.8. The summed E-state index contributed by atoms with van der Waals surface area (Å²) in [6, 6.07) is 2.70. The average Bonchev–Trinajstić information content (AvgIpc) is 2.26. The molecule has 3 N–H and O–H groups in total. The molecule has 100 valence electrons. The molecule has 0 aliphatic rings. The van der Waals surface area contributed by atoms with Crippen LogP contribution in [0, 0.1) is 5.41 Å². The number of hydrogen-bond acceptors (Lipinski definition) is 3. The molecule has 1 atom stereocenters. The highest BCUT2D eigenvalue weighted by Crippen LogP contribution is 2.20. The maximum atomic E-state index is 11.9. The number of aliphatic hydroxyl groups is 1. The topological polar surface area (TPSA) is 82.2 Å². The van der Waals surface area contributed by atoms with Crippen molar-refractivity contribution in [2.24, 2.45) is 5.41 Å². The second-order valence-electron chi connectivity index (χ2n) is 5.53. The van der Waals surface area contributed by atoms with Gasteiger partial charge in [0.2, 0.25) is 0 Å². The van der Waals surface area contributed by atoms with Gasteiger partial charge in [-0.15, -0.1) is 0 Å². The van der Waals surface area contributed by atoms with Crippen LogP contribution in [0.4, 0.5) is 0 Å². The molecule has 5 heteroatoms. The van der Waals surface area contributed by atoms with Gasteiger partial charge in [0.05, 0.1) is 12.6 Å². The lowest BCUT2D eigenvalue weighted by Gasteiger charge is -2.25. The fraction of sp³-hybridized carbons (Fsp3) is 0.538. The van der Waals surface area contributed by atoms with E-state index in [1.807, 2.05) is 20.8 Å². The lowest BCUT2D eigenvalue weighted by Crippen LogP contribution is -2.41. The van der Waals surface area contributed by atoms with Crippen molar-refractivity contribution in [1.29, 1.82) is 0 Å². The molecule has 0 aromatic carbocycles. The Bertz CT molecular complexity index is 460. The van der Waals surface area contributed by atoms with Gasteiger partial charge in [0.25, 0.3) is 11.5 Å². The minimum Gasteiger partial charge on any atom is -0.394 e. The molecule has 0 aliphatic heterocycles. The summed E-state index contributed by atoms with van der Waals surface area (Å²) in [5.41, 5.74) is -0.378. The number of pyridine rings is 1. The first-order valence-corrected chi connectivity index (χ1v) is 5.93. The normalized spacial score (nSPS) is 13.1. The minimum absolute atomic E-state index is 0.0101. The molecule has 0 bridgehead atoms. The van der Waals surface area contributed by atoms with Crippen molar-refractivity contribution < 1.29 is 9.90 Å². The third kappa shape index (κ3) is 4.33.